The number of likely N-dealkylation sites (tertiary alicyclic amines) is 1. The number of hydrogen-bond donors (Lipinski definition) is 2. The summed E-state index contributed by atoms with van der Waals surface area (Å²) in [5.41, 5.74) is 0.238. The van der Waals surface area contributed by atoms with Crippen molar-refractivity contribution in [3.63, 3.8) is 0 Å². The van der Waals surface area contributed by atoms with Crippen molar-refractivity contribution < 1.29 is 19.1 Å². The molecule has 39 heavy (non-hydrogen) atoms. The van der Waals surface area contributed by atoms with Gasteiger partial charge in [0.25, 0.3) is 0 Å². The lowest BCUT2D eigenvalue weighted by atomic mass is 9.74. The Kier molecular flexibility index (Phi) is 7.16. The van der Waals surface area contributed by atoms with Crippen LogP contribution in [0.2, 0.25) is 10.0 Å². The molecule has 2 aromatic rings. The van der Waals surface area contributed by atoms with Gasteiger partial charge in [0.15, 0.2) is 0 Å². The van der Waals surface area contributed by atoms with E-state index in [9.17, 15) is 14.4 Å². The van der Waals surface area contributed by atoms with Crippen molar-refractivity contribution in [1.82, 2.24) is 10.2 Å². The first-order valence-corrected chi connectivity index (χ1v) is 14.4. The van der Waals surface area contributed by atoms with Crippen molar-refractivity contribution in [2.75, 3.05) is 11.9 Å². The zero-order valence-electron chi connectivity index (χ0n) is 21.4. The van der Waals surface area contributed by atoms with E-state index in [1.165, 1.54) is 6.42 Å². The van der Waals surface area contributed by atoms with E-state index in [1.807, 2.05) is 36.4 Å². The Balaban J connectivity index is 1.30. The van der Waals surface area contributed by atoms with E-state index in [0.717, 1.165) is 31.2 Å². The van der Waals surface area contributed by atoms with Crippen LogP contribution in [-0.4, -0.2) is 53.0 Å². The first-order chi connectivity index (χ1) is 18.9. The van der Waals surface area contributed by atoms with E-state index in [2.05, 4.69) is 10.6 Å². The van der Waals surface area contributed by atoms with Crippen molar-refractivity contribution in [2.45, 2.75) is 62.3 Å². The topological polar surface area (TPSA) is 87.7 Å². The fourth-order valence-corrected chi connectivity index (χ4v) is 7.19. The average molecular weight is 569 g/mol. The van der Waals surface area contributed by atoms with Crippen LogP contribution in [0.3, 0.4) is 0 Å². The van der Waals surface area contributed by atoms with Crippen molar-refractivity contribution >= 4 is 46.6 Å². The summed E-state index contributed by atoms with van der Waals surface area (Å²) in [4.78, 5) is 43.2. The lowest BCUT2D eigenvalue weighted by molar-refractivity contribution is -0.141. The third-order valence-corrected chi connectivity index (χ3v) is 9.15. The van der Waals surface area contributed by atoms with Gasteiger partial charge in [0.1, 0.15) is 11.6 Å². The Morgan fingerprint density at radius 3 is 2.59 bits per heavy atom. The molecule has 1 saturated carbocycles. The minimum atomic E-state index is -1.20. The second-order valence-corrected chi connectivity index (χ2v) is 11.8. The first-order valence-electron chi connectivity index (χ1n) is 13.7. The van der Waals surface area contributed by atoms with Crippen LogP contribution in [0.4, 0.5) is 5.69 Å². The van der Waals surface area contributed by atoms with Gasteiger partial charge in [0.05, 0.1) is 17.9 Å². The molecule has 9 heteroatoms. The minimum Gasteiger partial charge on any atom is -0.359 e. The van der Waals surface area contributed by atoms with Gasteiger partial charge >= 0.3 is 0 Å². The first kappa shape index (κ1) is 26.4. The molecule has 2 saturated heterocycles. The molecule has 2 bridgehead atoms. The predicted octanol–water partition coefficient (Wildman–Crippen LogP) is 4.77. The van der Waals surface area contributed by atoms with Gasteiger partial charge in [-0.25, -0.2) is 0 Å². The Morgan fingerprint density at radius 2 is 1.82 bits per heavy atom. The maximum atomic E-state index is 14.1. The molecule has 7 nitrogen and oxygen atoms in total. The molecule has 1 aliphatic carbocycles. The van der Waals surface area contributed by atoms with Gasteiger partial charge in [-0.1, -0.05) is 78.9 Å². The number of carbonyl (C=O) groups is 3. The number of amides is 3. The van der Waals surface area contributed by atoms with Crippen molar-refractivity contribution in [2.24, 2.45) is 11.8 Å². The molecule has 4 aliphatic rings. The van der Waals surface area contributed by atoms with Crippen LogP contribution in [-0.2, 0) is 25.5 Å². The molecule has 3 amide bonds. The smallest absolute Gasteiger partial charge is 0.246 e. The van der Waals surface area contributed by atoms with Gasteiger partial charge in [-0.05, 0) is 49.1 Å². The Bertz CT molecular complexity index is 1330. The van der Waals surface area contributed by atoms with Gasteiger partial charge in [0, 0.05) is 28.3 Å². The minimum absolute atomic E-state index is 0.0757. The highest BCUT2D eigenvalue weighted by Gasteiger charge is 2.72. The Morgan fingerprint density at radius 1 is 1.03 bits per heavy atom. The molecule has 0 radical (unpaired) electrons. The number of halogens is 2. The van der Waals surface area contributed by atoms with E-state index >= 15 is 0 Å². The maximum absolute atomic E-state index is 14.1. The highest BCUT2D eigenvalue weighted by atomic mass is 35.5. The average Bonchev–Trinajstić information content (AvgIpc) is 3.56. The molecule has 204 valence electrons. The number of nitrogens with one attached hydrogen (secondary N) is 2. The second kappa shape index (κ2) is 10.6. The molecule has 6 rings (SSSR count). The van der Waals surface area contributed by atoms with Gasteiger partial charge in [-0.2, -0.15) is 0 Å². The van der Waals surface area contributed by atoms with Gasteiger partial charge in [-0.3, -0.25) is 14.4 Å². The second-order valence-electron chi connectivity index (χ2n) is 10.9. The van der Waals surface area contributed by atoms with Crippen molar-refractivity contribution in [3.8, 4) is 0 Å². The summed E-state index contributed by atoms with van der Waals surface area (Å²) in [5.74, 6) is -2.37. The monoisotopic (exact) mass is 567 g/mol. The lowest BCUT2D eigenvalue weighted by Crippen LogP contribution is -2.56. The Labute approximate surface area is 237 Å². The van der Waals surface area contributed by atoms with Gasteiger partial charge in [0.2, 0.25) is 17.7 Å². The van der Waals surface area contributed by atoms with Crippen LogP contribution < -0.4 is 10.6 Å². The van der Waals surface area contributed by atoms with E-state index in [4.69, 9.17) is 27.9 Å². The summed E-state index contributed by atoms with van der Waals surface area (Å²) in [7, 11) is 0. The predicted molar refractivity (Wildman–Crippen MR) is 149 cm³/mol. The van der Waals surface area contributed by atoms with E-state index in [-0.39, 0.29) is 30.3 Å². The summed E-state index contributed by atoms with van der Waals surface area (Å²) in [6, 6.07) is 13.6. The molecule has 1 spiro atoms. The number of anilines is 1. The van der Waals surface area contributed by atoms with Crippen molar-refractivity contribution in [3.05, 3.63) is 76.3 Å². The number of benzene rings is 2. The van der Waals surface area contributed by atoms with Crippen LogP contribution in [0, 0.1) is 11.8 Å². The molecular formula is C30H31Cl2N3O4. The number of hydrogen-bond acceptors (Lipinski definition) is 4. The zero-order chi connectivity index (χ0) is 27.1. The summed E-state index contributed by atoms with van der Waals surface area (Å²) < 4.78 is 6.43. The highest BCUT2D eigenvalue weighted by molar-refractivity contribution is 6.31. The SMILES string of the molecule is O=C(Nc1cccc(Cl)c1)[C@@H]1[C@@H]2C=C[C@]3(O2)[C@@H]1C(=O)N(CCc1ccccc1Cl)[C@H]3C(=O)NC1CCCCC1. The Hall–Kier alpha value is -2.87. The molecule has 3 heterocycles. The number of nitrogens with zero attached hydrogens (tertiary/aromatic N) is 1. The van der Waals surface area contributed by atoms with Crippen molar-refractivity contribution in [1.29, 1.82) is 0 Å². The van der Waals surface area contributed by atoms with E-state index < -0.39 is 29.6 Å². The summed E-state index contributed by atoms with van der Waals surface area (Å²) >= 11 is 12.5. The standard InChI is InChI=1S/C30H31Cl2N3O4/c31-19-8-6-11-21(17-19)34-27(36)24-23-13-15-30(39-23)25(24)29(38)35(16-14-18-7-4-5-12-22(18)32)26(30)28(37)33-20-9-2-1-3-10-20/h4-8,11-13,15,17,20,23-26H,1-3,9-10,14,16H2,(H,33,37)(H,34,36)/t23-,24+,25-,26-,30-/m0/s1. The summed E-state index contributed by atoms with van der Waals surface area (Å²) in [6.45, 7) is 0.286. The van der Waals surface area contributed by atoms with E-state index in [1.54, 1.807) is 29.2 Å². The van der Waals surface area contributed by atoms with Crippen LogP contribution in [0.15, 0.2) is 60.7 Å². The summed E-state index contributed by atoms with van der Waals surface area (Å²) in [5, 5.41) is 7.22. The molecule has 0 aromatic heterocycles. The fraction of sp³-hybridized carbons (Fsp3) is 0.433. The third-order valence-electron chi connectivity index (χ3n) is 8.55. The van der Waals surface area contributed by atoms with Crippen LogP contribution in [0.1, 0.15) is 37.7 Å². The molecule has 2 aromatic carbocycles. The quantitative estimate of drug-likeness (QED) is 0.471. The van der Waals surface area contributed by atoms with E-state index in [0.29, 0.717) is 22.2 Å². The maximum Gasteiger partial charge on any atom is 0.246 e. The molecular weight excluding hydrogens is 537 g/mol. The fourth-order valence-electron chi connectivity index (χ4n) is 6.77. The van der Waals surface area contributed by atoms with Gasteiger partial charge < -0.3 is 20.3 Å². The van der Waals surface area contributed by atoms with Crippen LogP contribution in [0.25, 0.3) is 0 Å². The molecule has 3 aliphatic heterocycles. The molecule has 3 fully saturated rings. The number of ether oxygens (including phenoxy) is 1. The van der Waals surface area contributed by atoms with Gasteiger partial charge in [-0.15, -0.1) is 0 Å². The lowest BCUT2D eigenvalue weighted by Gasteiger charge is -2.34. The number of fused-ring (bicyclic) bond motifs is 1. The number of rotatable bonds is 7. The summed E-state index contributed by atoms with van der Waals surface area (Å²) in [6.07, 6.45) is 8.71. The normalized spacial score (nSPS) is 29.5. The number of carbonyl (C=O) groups excluding carboxylic acids is 3. The van der Waals surface area contributed by atoms with Crippen LogP contribution >= 0.6 is 23.2 Å². The molecule has 5 atom stereocenters. The molecule has 0 unspecified atom stereocenters. The third kappa shape index (κ3) is 4.75. The highest BCUT2D eigenvalue weighted by Crippen LogP contribution is 2.55. The van der Waals surface area contributed by atoms with Crippen LogP contribution in [0.5, 0.6) is 0 Å². The largest absolute Gasteiger partial charge is 0.359 e. The molecule has 2 N–H and O–H groups in total. The zero-order valence-corrected chi connectivity index (χ0v) is 23.0.